The second-order valence-corrected chi connectivity index (χ2v) is 6.34. The summed E-state index contributed by atoms with van der Waals surface area (Å²) in [7, 11) is 0. The molecule has 0 radical (unpaired) electrons. The summed E-state index contributed by atoms with van der Waals surface area (Å²) >= 11 is 6.06. The molecule has 1 N–H and O–H groups in total. The van der Waals surface area contributed by atoms with E-state index < -0.39 is 0 Å². The fourth-order valence-electron chi connectivity index (χ4n) is 1.82. The van der Waals surface area contributed by atoms with E-state index in [1.165, 1.54) is 17.7 Å². The van der Waals surface area contributed by atoms with Crippen molar-refractivity contribution < 1.29 is 4.39 Å². The summed E-state index contributed by atoms with van der Waals surface area (Å²) < 4.78 is 13.1. The van der Waals surface area contributed by atoms with Crippen LogP contribution in [-0.2, 0) is 6.42 Å². The second-order valence-electron chi connectivity index (χ2n) is 5.93. The smallest absolute Gasteiger partial charge is 0.123 e. The van der Waals surface area contributed by atoms with Gasteiger partial charge < -0.3 is 5.32 Å². The van der Waals surface area contributed by atoms with Crippen molar-refractivity contribution in [2.24, 2.45) is 0 Å². The van der Waals surface area contributed by atoms with Crippen molar-refractivity contribution in [3.05, 3.63) is 46.3 Å². The highest BCUT2D eigenvalue weighted by Crippen LogP contribution is 2.20. The van der Waals surface area contributed by atoms with Crippen LogP contribution in [0.4, 0.5) is 4.39 Å². The molecule has 1 nitrogen and oxygen atoms in total. The number of allylic oxidation sites excluding steroid dienone is 1. The molecule has 0 aliphatic carbocycles. The average Bonchev–Trinajstić information content (AvgIpc) is 2.28. The first kappa shape index (κ1) is 16.2. The molecule has 0 bridgehead atoms. The molecule has 0 saturated carbocycles. The van der Waals surface area contributed by atoms with Crippen LogP contribution in [0.25, 0.3) is 0 Å². The van der Waals surface area contributed by atoms with E-state index in [-0.39, 0.29) is 11.4 Å². The molecule has 3 heteroatoms. The highest BCUT2D eigenvalue weighted by atomic mass is 35.5. The van der Waals surface area contributed by atoms with Crippen molar-refractivity contribution in [2.45, 2.75) is 46.1 Å². The molecule has 0 amide bonds. The van der Waals surface area contributed by atoms with Crippen molar-refractivity contribution in [1.29, 1.82) is 0 Å². The van der Waals surface area contributed by atoms with Crippen LogP contribution in [0.5, 0.6) is 0 Å². The fraction of sp³-hybridized carbons (Fsp3) is 0.500. The lowest BCUT2D eigenvalue weighted by Crippen LogP contribution is -2.36. The van der Waals surface area contributed by atoms with Gasteiger partial charge in [-0.1, -0.05) is 23.3 Å². The van der Waals surface area contributed by atoms with E-state index in [9.17, 15) is 4.39 Å². The summed E-state index contributed by atoms with van der Waals surface area (Å²) in [6.45, 7) is 9.44. The maximum atomic E-state index is 13.1. The van der Waals surface area contributed by atoms with Crippen molar-refractivity contribution in [2.75, 3.05) is 6.54 Å². The first-order valence-electron chi connectivity index (χ1n) is 6.62. The molecular weight excluding hydrogens is 261 g/mol. The van der Waals surface area contributed by atoms with E-state index in [0.717, 1.165) is 18.5 Å². The Labute approximate surface area is 120 Å². The van der Waals surface area contributed by atoms with E-state index in [1.54, 1.807) is 6.07 Å². The molecule has 0 atom stereocenters. The van der Waals surface area contributed by atoms with E-state index >= 15 is 0 Å². The molecule has 0 heterocycles. The first-order chi connectivity index (χ1) is 8.78. The van der Waals surface area contributed by atoms with Crippen LogP contribution in [0.2, 0.25) is 5.02 Å². The Morgan fingerprint density at radius 3 is 2.68 bits per heavy atom. The molecular formula is C16H23ClFN. The van der Waals surface area contributed by atoms with Crippen LogP contribution in [0, 0.1) is 5.82 Å². The van der Waals surface area contributed by atoms with Gasteiger partial charge >= 0.3 is 0 Å². The van der Waals surface area contributed by atoms with Crippen LogP contribution in [0.3, 0.4) is 0 Å². The summed E-state index contributed by atoms with van der Waals surface area (Å²) in [5.41, 5.74) is 2.20. The van der Waals surface area contributed by atoms with Gasteiger partial charge in [-0.25, -0.2) is 4.39 Å². The summed E-state index contributed by atoms with van der Waals surface area (Å²) in [5.74, 6) is -0.235. The van der Waals surface area contributed by atoms with Gasteiger partial charge in [0.15, 0.2) is 0 Å². The predicted octanol–water partition coefficient (Wildman–Crippen LogP) is 4.75. The topological polar surface area (TPSA) is 12.0 Å². The molecule has 106 valence electrons. The minimum absolute atomic E-state index is 0.146. The molecule has 1 aromatic rings. The third-order valence-electron chi connectivity index (χ3n) is 2.77. The number of halogens is 2. The van der Waals surface area contributed by atoms with Crippen LogP contribution >= 0.6 is 11.6 Å². The first-order valence-corrected chi connectivity index (χ1v) is 7.00. The second kappa shape index (κ2) is 7.06. The van der Waals surface area contributed by atoms with E-state index in [0.29, 0.717) is 11.4 Å². The van der Waals surface area contributed by atoms with Crippen molar-refractivity contribution >= 4 is 11.6 Å². The van der Waals surface area contributed by atoms with Gasteiger partial charge in [0.25, 0.3) is 0 Å². The third kappa shape index (κ3) is 6.74. The minimum Gasteiger partial charge on any atom is -0.312 e. The molecule has 0 aromatic heterocycles. The Balaban J connectivity index is 2.50. The molecule has 0 aliphatic heterocycles. The predicted molar refractivity (Wildman–Crippen MR) is 81.2 cm³/mol. The molecule has 0 aliphatic rings. The van der Waals surface area contributed by atoms with Gasteiger partial charge in [-0.05, 0) is 70.8 Å². The molecule has 19 heavy (non-hydrogen) atoms. The molecule has 0 saturated heterocycles. The lowest BCUT2D eigenvalue weighted by molar-refractivity contribution is 0.431. The number of rotatable bonds is 5. The zero-order valence-electron chi connectivity index (χ0n) is 12.2. The highest BCUT2D eigenvalue weighted by molar-refractivity contribution is 6.31. The third-order valence-corrected chi connectivity index (χ3v) is 3.14. The maximum absolute atomic E-state index is 13.1. The SMILES string of the molecule is C/C(=C/CCNC(C)(C)C)Cc1cc(F)ccc1Cl. The number of hydrogen-bond donors (Lipinski definition) is 1. The van der Waals surface area contributed by atoms with Crippen molar-refractivity contribution in [3.8, 4) is 0 Å². The quantitative estimate of drug-likeness (QED) is 0.608. The number of benzene rings is 1. The van der Waals surface area contributed by atoms with E-state index in [1.807, 2.05) is 0 Å². The summed E-state index contributed by atoms with van der Waals surface area (Å²) in [6, 6.07) is 4.51. The highest BCUT2D eigenvalue weighted by Gasteiger charge is 2.07. The molecule has 1 aromatic carbocycles. The van der Waals surface area contributed by atoms with Crippen molar-refractivity contribution in [3.63, 3.8) is 0 Å². The van der Waals surface area contributed by atoms with Gasteiger partial charge in [0.05, 0.1) is 0 Å². The Morgan fingerprint density at radius 2 is 2.05 bits per heavy atom. The van der Waals surface area contributed by atoms with Crippen LogP contribution in [0.1, 0.15) is 39.7 Å². The largest absolute Gasteiger partial charge is 0.312 e. The van der Waals surface area contributed by atoms with Crippen molar-refractivity contribution in [1.82, 2.24) is 5.32 Å². The van der Waals surface area contributed by atoms with Crippen LogP contribution < -0.4 is 5.32 Å². The Bertz CT molecular complexity index is 447. The average molecular weight is 284 g/mol. The Kier molecular flexibility index (Phi) is 6.02. The van der Waals surface area contributed by atoms with Gasteiger partial charge in [-0.15, -0.1) is 0 Å². The molecule has 0 spiro atoms. The summed E-state index contributed by atoms with van der Waals surface area (Å²) in [4.78, 5) is 0. The molecule has 0 unspecified atom stereocenters. The van der Waals surface area contributed by atoms with Crippen LogP contribution in [0.15, 0.2) is 29.8 Å². The minimum atomic E-state index is -0.235. The van der Waals surface area contributed by atoms with Crippen LogP contribution in [-0.4, -0.2) is 12.1 Å². The molecule has 0 fully saturated rings. The zero-order valence-corrected chi connectivity index (χ0v) is 12.9. The zero-order chi connectivity index (χ0) is 14.5. The fourth-order valence-corrected chi connectivity index (χ4v) is 2.00. The Morgan fingerprint density at radius 1 is 1.37 bits per heavy atom. The number of hydrogen-bond acceptors (Lipinski definition) is 1. The molecule has 1 rings (SSSR count). The Hall–Kier alpha value is -0.860. The van der Waals surface area contributed by atoms with Gasteiger partial charge in [0.2, 0.25) is 0 Å². The van der Waals surface area contributed by atoms with E-state index in [2.05, 4.69) is 39.1 Å². The van der Waals surface area contributed by atoms with Gasteiger partial charge in [0.1, 0.15) is 5.82 Å². The maximum Gasteiger partial charge on any atom is 0.123 e. The number of nitrogens with one attached hydrogen (secondary N) is 1. The normalized spacial score (nSPS) is 12.8. The summed E-state index contributed by atoms with van der Waals surface area (Å²) in [6.07, 6.45) is 3.85. The lowest BCUT2D eigenvalue weighted by atomic mass is 10.0. The van der Waals surface area contributed by atoms with Gasteiger partial charge in [0, 0.05) is 10.6 Å². The van der Waals surface area contributed by atoms with E-state index in [4.69, 9.17) is 11.6 Å². The summed E-state index contributed by atoms with van der Waals surface area (Å²) in [5, 5.41) is 4.06. The lowest BCUT2D eigenvalue weighted by Gasteiger charge is -2.19. The standard InChI is InChI=1S/C16H23ClFN/c1-12(6-5-9-19-16(2,3)4)10-13-11-14(18)7-8-15(13)17/h6-8,11,19H,5,9-10H2,1-4H3/b12-6-. The monoisotopic (exact) mass is 283 g/mol. The van der Waals surface area contributed by atoms with Gasteiger partial charge in [-0.3, -0.25) is 0 Å². The van der Waals surface area contributed by atoms with Gasteiger partial charge in [-0.2, -0.15) is 0 Å².